The first-order valence-electron chi connectivity index (χ1n) is 16.4. The Kier molecular flexibility index (Phi) is 11.5. The fraction of sp³-hybridized carbons (Fsp3) is 0.515. The van der Waals surface area contributed by atoms with Crippen molar-refractivity contribution in [2.24, 2.45) is 0 Å². The molecule has 1 aromatic heterocycles. The van der Waals surface area contributed by atoms with E-state index >= 15 is 0 Å². The minimum Gasteiger partial charge on any atom is -0.394 e. The quantitative estimate of drug-likeness (QED) is 0.238. The number of anilines is 1. The number of aliphatic hydroxyl groups excluding tert-OH is 4. The number of ether oxygens (including phenoxy) is 2. The lowest BCUT2D eigenvalue weighted by Gasteiger charge is -2.46. The molecular formula is C33H36Cl2F3N5O8. The molecule has 1 aliphatic carbocycles. The molecule has 18 heteroatoms. The number of likely N-dealkylation sites (tertiary alicyclic amines) is 1. The van der Waals surface area contributed by atoms with Gasteiger partial charge in [-0.2, -0.15) is 0 Å². The lowest BCUT2D eigenvalue weighted by molar-refractivity contribution is -0.217. The summed E-state index contributed by atoms with van der Waals surface area (Å²) in [5.74, 6) is -5.96. The summed E-state index contributed by atoms with van der Waals surface area (Å²) < 4.78 is 55.2. The Hall–Kier alpha value is -3.35. The van der Waals surface area contributed by atoms with Crippen molar-refractivity contribution in [1.29, 1.82) is 0 Å². The summed E-state index contributed by atoms with van der Waals surface area (Å²) in [6.07, 6.45) is -4.29. The zero-order valence-corrected chi connectivity index (χ0v) is 28.5. The molecule has 0 spiro atoms. The molecule has 13 nitrogen and oxygen atoms in total. The van der Waals surface area contributed by atoms with Gasteiger partial charge in [-0.15, -0.1) is 5.10 Å². The lowest BCUT2D eigenvalue weighted by Crippen LogP contribution is -2.63. The van der Waals surface area contributed by atoms with Crippen LogP contribution in [0, 0.1) is 17.5 Å². The van der Waals surface area contributed by atoms with Crippen molar-refractivity contribution in [1.82, 2.24) is 19.9 Å². The van der Waals surface area contributed by atoms with Crippen LogP contribution in [0.5, 0.6) is 0 Å². The van der Waals surface area contributed by atoms with Gasteiger partial charge in [0, 0.05) is 34.4 Å². The molecule has 3 aromatic rings. The number of rotatable bonds is 9. The first-order chi connectivity index (χ1) is 24.4. The van der Waals surface area contributed by atoms with Gasteiger partial charge in [0.15, 0.2) is 23.6 Å². The maximum absolute atomic E-state index is 14.9. The third-order valence-electron chi connectivity index (χ3n) is 9.51. The van der Waals surface area contributed by atoms with E-state index in [1.165, 1.54) is 34.2 Å². The molecule has 3 fully saturated rings. The highest BCUT2D eigenvalue weighted by atomic mass is 35.5. The topological polar surface area (TPSA) is 171 Å². The molecule has 2 aromatic carbocycles. The maximum Gasteiger partial charge on any atom is 0.259 e. The van der Waals surface area contributed by atoms with Gasteiger partial charge < -0.3 is 39.7 Å². The van der Waals surface area contributed by atoms with Gasteiger partial charge in [0.05, 0.1) is 31.1 Å². The predicted octanol–water partition coefficient (Wildman–Crippen LogP) is 2.65. The van der Waals surface area contributed by atoms with Crippen LogP contribution in [0.1, 0.15) is 38.1 Å². The highest BCUT2D eigenvalue weighted by molar-refractivity contribution is 6.35. The van der Waals surface area contributed by atoms with Crippen LogP contribution in [0.25, 0.3) is 11.3 Å². The summed E-state index contributed by atoms with van der Waals surface area (Å²) >= 11 is 12.7. The highest BCUT2D eigenvalue weighted by Crippen LogP contribution is 2.38. The van der Waals surface area contributed by atoms with Gasteiger partial charge in [-0.3, -0.25) is 9.59 Å². The standard InChI is InChI=1S/C33H36Cl2F3N5O8/c34-17-9-18(35)11-19(10-17)43(24-3-1-2-4-25(24)46)33(49)32-31(50-15-27(47)41-6-5-20(45)12-41)29(30(48)26(14-44)51-32)42-13-23(39-40-42)16-7-21(36)28(38)22(37)8-16/h7-11,13,20,24-26,29-32,44-46,48H,1-6,12,14-15H2/t20-,24+,25+,26?,29?,30?,31?,32?/m1/s1. The van der Waals surface area contributed by atoms with Gasteiger partial charge in [-0.25, -0.2) is 17.9 Å². The van der Waals surface area contributed by atoms with Crippen LogP contribution in [0.4, 0.5) is 18.9 Å². The smallest absolute Gasteiger partial charge is 0.259 e. The molecule has 3 aliphatic rings. The van der Waals surface area contributed by atoms with Crippen LogP contribution in [0.2, 0.25) is 10.0 Å². The Bertz CT molecular complexity index is 1710. The lowest BCUT2D eigenvalue weighted by atomic mass is 9.88. The number of carbonyl (C=O) groups excluding carboxylic acids is 2. The molecule has 2 saturated heterocycles. The van der Waals surface area contributed by atoms with Crippen molar-refractivity contribution >= 4 is 40.7 Å². The number of amides is 2. The second-order valence-corrected chi connectivity index (χ2v) is 13.8. The second kappa shape index (κ2) is 15.7. The summed E-state index contributed by atoms with van der Waals surface area (Å²) in [5, 5.41) is 51.3. The monoisotopic (exact) mass is 757 g/mol. The van der Waals surface area contributed by atoms with E-state index in [9.17, 15) is 43.2 Å². The number of benzene rings is 2. The number of halogens is 5. The summed E-state index contributed by atoms with van der Waals surface area (Å²) in [7, 11) is 0. The Balaban J connectivity index is 1.42. The zero-order chi connectivity index (χ0) is 36.6. The van der Waals surface area contributed by atoms with Crippen molar-refractivity contribution in [2.75, 3.05) is 31.2 Å². The first-order valence-corrected chi connectivity index (χ1v) is 17.2. The molecule has 0 radical (unpaired) electrons. The van der Waals surface area contributed by atoms with Crippen molar-refractivity contribution in [3.8, 4) is 11.3 Å². The number of aromatic nitrogens is 3. The number of β-amino-alcohol motifs (C(OH)–C–C–N with tert-alkyl or cyclic N) is 1. The summed E-state index contributed by atoms with van der Waals surface area (Å²) in [6, 6.07) is 3.64. The van der Waals surface area contributed by atoms with Crippen molar-refractivity contribution in [2.45, 2.75) is 80.8 Å². The second-order valence-electron chi connectivity index (χ2n) is 12.9. The third-order valence-corrected chi connectivity index (χ3v) is 9.95. The van der Waals surface area contributed by atoms with Gasteiger partial charge in [0.1, 0.15) is 36.7 Å². The average Bonchev–Trinajstić information content (AvgIpc) is 3.76. The minimum atomic E-state index is -1.68. The van der Waals surface area contributed by atoms with E-state index in [0.29, 0.717) is 44.2 Å². The van der Waals surface area contributed by atoms with E-state index in [4.69, 9.17) is 32.7 Å². The van der Waals surface area contributed by atoms with Crippen LogP contribution in [0.3, 0.4) is 0 Å². The summed E-state index contributed by atoms with van der Waals surface area (Å²) in [5.41, 5.74) is -0.114. The molecule has 8 atom stereocenters. The molecular weight excluding hydrogens is 722 g/mol. The molecule has 1 saturated carbocycles. The molecule has 5 unspecified atom stereocenters. The van der Waals surface area contributed by atoms with E-state index in [-0.39, 0.29) is 40.1 Å². The van der Waals surface area contributed by atoms with Crippen molar-refractivity contribution < 1.29 is 52.7 Å². The Morgan fingerprint density at radius 3 is 2.31 bits per heavy atom. The van der Waals surface area contributed by atoms with Crippen LogP contribution in [-0.2, 0) is 19.1 Å². The van der Waals surface area contributed by atoms with Gasteiger partial charge in [0.25, 0.3) is 5.91 Å². The van der Waals surface area contributed by atoms with Crippen molar-refractivity contribution in [3.05, 3.63) is 64.0 Å². The van der Waals surface area contributed by atoms with Crippen molar-refractivity contribution in [3.63, 3.8) is 0 Å². The number of carbonyl (C=O) groups is 2. The number of aliphatic hydroxyl groups is 4. The first kappa shape index (κ1) is 37.4. The Labute approximate surface area is 300 Å². The van der Waals surface area contributed by atoms with Gasteiger partial charge >= 0.3 is 0 Å². The Morgan fingerprint density at radius 1 is 1.00 bits per heavy atom. The van der Waals surface area contributed by atoms with Crippen LogP contribution in [0.15, 0.2) is 36.5 Å². The SMILES string of the molecule is O=C(COC1C(C(=O)N(c2cc(Cl)cc(Cl)c2)[C@H]2CCCC[C@@H]2O)OC(CO)C(O)C1n1cc(-c2cc(F)c(F)c(F)c2)nn1)N1CC[C@@H](O)C1. The number of hydrogen-bond acceptors (Lipinski definition) is 10. The molecule has 51 heavy (non-hydrogen) atoms. The van der Waals surface area contributed by atoms with Gasteiger partial charge in [0.2, 0.25) is 5.91 Å². The largest absolute Gasteiger partial charge is 0.394 e. The zero-order valence-electron chi connectivity index (χ0n) is 27.0. The molecule has 2 amide bonds. The Morgan fingerprint density at radius 2 is 1.69 bits per heavy atom. The van der Waals surface area contributed by atoms with Crippen LogP contribution in [-0.4, -0.2) is 121 Å². The van der Waals surface area contributed by atoms with Crippen LogP contribution >= 0.6 is 23.2 Å². The fourth-order valence-electron chi connectivity index (χ4n) is 6.96. The van der Waals surface area contributed by atoms with E-state index in [1.54, 1.807) is 0 Å². The third kappa shape index (κ3) is 7.88. The fourth-order valence-corrected chi connectivity index (χ4v) is 7.47. The molecule has 3 heterocycles. The predicted molar refractivity (Wildman–Crippen MR) is 175 cm³/mol. The number of hydrogen-bond donors (Lipinski definition) is 4. The van der Waals surface area contributed by atoms with E-state index in [2.05, 4.69) is 10.3 Å². The summed E-state index contributed by atoms with van der Waals surface area (Å²) in [6.45, 7) is -1.11. The van der Waals surface area contributed by atoms with E-state index in [0.717, 1.165) is 4.68 Å². The number of nitrogens with zero attached hydrogens (tertiary/aromatic N) is 5. The molecule has 4 N–H and O–H groups in total. The molecule has 2 aliphatic heterocycles. The highest BCUT2D eigenvalue weighted by Gasteiger charge is 2.52. The maximum atomic E-state index is 14.9. The van der Waals surface area contributed by atoms with Gasteiger partial charge in [-0.05, 0) is 49.6 Å². The summed E-state index contributed by atoms with van der Waals surface area (Å²) in [4.78, 5) is 30.7. The van der Waals surface area contributed by atoms with Crippen LogP contribution < -0.4 is 4.90 Å². The average molecular weight is 759 g/mol. The molecule has 276 valence electrons. The molecule has 6 rings (SSSR count). The van der Waals surface area contributed by atoms with E-state index < -0.39 is 91.2 Å². The van der Waals surface area contributed by atoms with Gasteiger partial charge in [-0.1, -0.05) is 41.3 Å². The van der Waals surface area contributed by atoms with E-state index in [1.807, 2.05) is 0 Å². The normalized spacial score (nSPS) is 28.2. The minimum absolute atomic E-state index is 0.0600. The molecule has 0 bridgehead atoms.